The van der Waals surface area contributed by atoms with Crippen LogP contribution in [0.15, 0.2) is 18.5 Å². The van der Waals surface area contributed by atoms with Crippen LogP contribution in [-0.2, 0) is 11.2 Å². The third-order valence-electron chi connectivity index (χ3n) is 3.08. The molecule has 1 aliphatic rings. The van der Waals surface area contributed by atoms with Crippen LogP contribution >= 0.6 is 0 Å². The third-order valence-corrected chi connectivity index (χ3v) is 3.08. The molecule has 1 fully saturated rings. The van der Waals surface area contributed by atoms with Gasteiger partial charge >= 0.3 is 0 Å². The lowest BCUT2D eigenvalue weighted by molar-refractivity contribution is 0.182. The lowest BCUT2D eigenvalue weighted by atomic mass is 9.95. The average Bonchev–Trinajstić information content (AvgIpc) is 2.74. The van der Waals surface area contributed by atoms with Crippen molar-refractivity contribution in [2.24, 2.45) is 11.7 Å². The Morgan fingerprint density at radius 2 is 2.44 bits per heavy atom. The summed E-state index contributed by atoms with van der Waals surface area (Å²) in [5.74, 6) is 0.618. The monoisotopic (exact) mass is 221 g/mol. The second-order valence-electron chi connectivity index (χ2n) is 4.50. The van der Waals surface area contributed by atoms with Gasteiger partial charge in [0.05, 0.1) is 0 Å². The highest BCUT2D eigenvalue weighted by molar-refractivity contribution is 5.44. The highest BCUT2D eigenvalue weighted by Crippen LogP contribution is 2.20. The minimum Gasteiger partial charge on any atom is -0.398 e. The van der Waals surface area contributed by atoms with E-state index in [1.165, 1.54) is 0 Å². The van der Waals surface area contributed by atoms with Gasteiger partial charge in [-0.1, -0.05) is 0 Å². The Bertz CT molecular complexity index is 337. The number of nitrogens with two attached hydrogens (primary N) is 2. The normalized spacial score (nSPS) is 22.2. The molecule has 2 unspecified atom stereocenters. The van der Waals surface area contributed by atoms with Gasteiger partial charge < -0.3 is 16.2 Å². The molecule has 0 amide bonds. The van der Waals surface area contributed by atoms with Crippen LogP contribution in [0.3, 0.4) is 0 Å². The average molecular weight is 221 g/mol. The fourth-order valence-electron chi connectivity index (χ4n) is 2.17. The summed E-state index contributed by atoms with van der Waals surface area (Å²) in [7, 11) is 0. The molecule has 0 saturated carbocycles. The van der Waals surface area contributed by atoms with Crippen molar-refractivity contribution in [3.8, 4) is 0 Å². The van der Waals surface area contributed by atoms with Gasteiger partial charge in [-0.15, -0.1) is 0 Å². The SMILES string of the molecule is Nc1ccncc1CC(N)CC1CCOC1. The summed E-state index contributed by atoms with van der Waals surface area (Å²) >= 11 is 0. The first-order valence-corrected chi connectivity index (χ1v) is 5.77. The van der Waals surface area contributed by atoms with Gasteiger partial charge in [0, 0.05) is 37.3 Å². The fourth-order valence-corrected chi connectivity index (χ4v) is 2.17. The van der Waals surface area contributed by atoms with E-state index in [1.54, 1.807) is 12.4 Å². The third kappa shape index (κ3) is 2.93. The van der Waals surface area contributed by atoms with Crippen molar-refractivity contribution < 1.29 is 4.74 Å². The Morgan fingerprint density at radius 3 is 3.12 bits per heavy atom. The molecule has 1 aromatic rings. The van der Waals surface area contributed by atoms with Crippen LogP contribution in [0, 0.1) is 5.92 Å². The summed E-state index contributed by atoms with van der Waals surface area (Å²) in [4.78, 5) is 4.07. The molecule has 2 atom stereocenters. The van der Waals surface area contributed by atoms with E-state index in [2.05, 4.69) is 4.98 Å². The largest absolute Gasteiger partial charge is 0.398 e. The number of rotatable bonds is 4. The molecule has 4 N–H and O–H groups in total. The molecule has 0 radical (unpaired) electrons. The van der Waals surface area contributed by atoms with Crippen molar-refractivity contribution in [1.29, 1.82) is 0 Å². The lowest BCUT2D eigenvalue weighted by Gasteiger charge is -2.16. The smallest absolute Gasteiger partial charge is 0.0495 e. The molecular weight excluding hydrogens is 202 g/mol. The quantitative estimate of drug-likeness (QED) is 0.794. The van der Waals surface area contributed by atoms with Crippen LogP contribution < -0.4 is 11.5 Å². The van der Waals surface area contributed by atoms with Crippen molar-refractivity contribution in [2.45, 2.75) is 25.3 Å². The number of aromatic nitrogens is 1. The zero-order chi connectivity index (χ0) is 11.4. The van der Waals surface area contributed by atoms with E-state index in [0.717, 1.165) is 43.7 Å². The number of pyridine rings is 1. The Kier molecular flexibility index (Phi) is 3.74. The Labute approximate surface area is 96.0 Å². The zero-order valence-electron chi connectivity index (χ0n) is 9.43. The first-order chi connectivity index (χ1) is 7.75. The molecule has 4 nitrogen and oxygen atoms in total. The standard InChI is InChI=1S/C12H19N3O/c13-11(5-9-2-4-16-8-9)6-10-7-15-3-1-12(10)14/h1,3,7,9,11H,2,4-6,8,13H2,(H2,14,15). The molecule has 0 bridgehead atoms. The van der Waals surface area contributed by atoms with E-state index in [4.69, 9.17) is 16.2 Å². The molecule has 1 saturated heterocycles. The van der Waals surface area contributed by atoms with Crippen LogP contribution in [0.4, 0.5) is 5.69 Å². The van der Waals surface area contributed by atoms with Gasteiger partial charge in [-0.05, 0) is 36.8 Å². The minimum absolute atomic E-state index is 0.151. The summed E-state index contributed by atoms with van der Waals surface area (Å²) in [6.07, 6.45) is 6.45. The number of ether oxygens (including phenoxy) is 1. The van der Waals surface area contributed by atoms with E-state index >= 15 is 0 Å². The van der Waals surface area contributed by atoms with Gasteiger partial charge in [0.2, 0.25) is 0 Å². The zero-order valence-corrected chi connectivity index (χ0v) is 9.43. The van der Waals surface area contributed by atoms with Crippen LogP contribution in [0.2, 0.25) is 0 Å². The number of nitrogens with zero attached hydrogens (tertiary/aromatic N) is 1. The highest BCUT2D eigenvalue weighted by atomic mass is 16.5. The maximum absolute atomic E-state index is 6.12. The second kappa shape index (κ2) is 5.27. The van der Waals surface area contributed by atoms with Crippen molar-refractivity contribution in [3.63, 3.8) is 0 Å². The predicted octanol–water partition coefficient (Wildman–Crippen LogP) is 0.960. The molecule has 1 aromatic heterocycles. The molecule has 2 heterocycles. The molecule has 4 heteroatoms. The predicted molar refractivity (Wildman–Crippen MR) is 63.9 cm³/mol. The fraction of sp³-hybridized carbons (Fsp3) is 0.583. The topological polar surface area (TPSA) is 74.2 Å². The molecule has 1 aliphatic heterocycles. The molecule has 0 aromatic carbocycles. The summed E-state index contributed by atoms with van der Waals surface area (Å²) < 4.78 is 5.34. The minimum atomic E-state index is 0.151. The van der Waals surface area contributed by atoms with Gasteiger partial charge in [-0.25, -0.2) is 0 Å². The Hall–Kier alpha value is -1.13. The molecule has 0 spiro atoms. The van der Waals surface area contributed by atoms with Crippen molar-refractivity contribution in [1.82, 2.24) is 4.98 Å². The lowest BCUT2D eigenvalue weighted by Crippen LogP contribution is -2.26. The summed E-state index contributed by atoms with van der Waals surface area (Å²) in [5.41, 5.74) is 13.8. The molecule has 2 rings (SSSR count). The van der Waals surface area contributed by atoms with E-state index < -0.39 is 0 Å². The Balaban J connectivity index is 1.86. The van der Waals surface area contributed by atoms with Gasteiger partial charge in [-0.2, -0.15) is 0 Å². The van der Waals surface area contributed by atoms with E-state index in [-0.39, 0.29) is 6.04 Å². The molecule has 0 aliphatic carbocycles. The van der Waals surface area contributed by atoms with Crippen molar-refractivity contribution >= 4 is 5.69 Å². The molecule has 16 heavy (non-hydrogen) atoms. The maximum atomic E-state index is 6.12. The van der Waals surface area contributed by atoms with Gasteiger partial charge in [0.1, 0.15) is 0 Å². The van der Waals surface area contributed by atoms with Crippen molar-refractivity contribution in [2.75, 3.05) is 18.9 Å². The number of anilines is 1. The van der Waals surface area contributed by atoms with Crippen LogP contribution in [0.1, 0.15) is 18.4 Å². The number of hydrogen-bond acceptors (Lipinski definition) is 4. The second-order valence-corrected chi connectivity index (χ2v) is 4.50. The first kappa shape index (κ1) is 11.4. The summed E-state index contributed by atoms with van der Waals surface area (Å²) in [5, 5.41) is 0. The van der Waals surface area contributed by atoms with Crippen LogP contribution in [-0.4, -0.2) is 24.2 Å². The summed E-state index contributed by atoms with van der Waals surface area (Å²) in [6, 6.07) is 1.97. The van der Waals surface area contributed by atoms with Gasteiger partial charge in [0.25, 0.3) is 0 Å². The first-order valence-electron chi connectivity index (χ1n) is 5.77. The van der Waals surface area contributed by atoms with Crippen LogP contribution in [0.25, 0.3) is 0 Å². The molecule has 88 valence electrons. The number of hydrogen-bond donors (Lipinski definition) is 2. The van der Waals surface area contributed by atoms with Gasteiger partial charge in [-0.3, -0.25) is 4.98 Å². The van der Waals surface area contributed by atoms with E-state index in [9.17, 15) is 0 Å². The van der Waals surface area contributed by atoms with Crippen molar-refractivity contribution in [3.05, 3.63) is 24.0 Å². The number of nitrogen functional groups attached to an aromatic ring is 1. The molecular formula is C12H19N3O. The van der Waals surface area contributed by atoms with E-state index in [0.29, 0.717) is 5.92 Å². The van der Waals surface area contributed by atoms with Gasteiger partial charge in [0.15, 0.2) is 0 Å². The highest BCUT2D eigenvalue weighted by Gasteiger charge is 2.19. The maximum Gasteiger partial charge on any atom is 0.0495 e. The Morgan fingerprint density at radius 1 is 1.56 bits per heavy atom. The van der Waals surface area contributed by atoms with E-state index in [1.807, 2.05) is 6.07 Å². The van der Waals surface area contributed by atoms with Crippen LogP contribution in [0.5, 0.6) is 0 Å². The summed E-state index contributed by atoms with van der Waals surface area (Å²) in [6.45, 7) is 1.74.